The Balaban J connectivity index is 0.00000160. The number of amides is 1. The van der Waals surface area contributed by atoms with Crippen molar-refractivity contribution in [3.8, 4) is 5.75 Å². The summed E-state index contributed by atoms with van der Waals surface area (Å²) in [6, 6.07) is 11.3. The van der Waals surface area contributed by atoms with Crippen LogP contribution >= 0.6 is 24.8 Å². The fourth-order valence-electron chi connectivity index (χ4n) is 3.85. The van der Waals surface area contributed by atoms with E-state index in [-0.39, 0.29) is 36.3 Å². The summed E-state index contributed by atoms with van der Waals surface area (Å²) in [7, 11) is 0. The van der Waals surface area contributed by atoms with Crippen LogP contribution in [-0.2, 0) is 6.61 Å². The third kappa shape index (κ3) is 5.25. The predicted octanol–water partition coefficient (Wildman–Crippen LogP) is 4.07. The number of carbonyl (C=O) groups is 1. The Kier molecular flexibility index (Phi) is 8.12. The number of nitrogens with two attached hydrogens (primary N) is 1. The first-order valence-corrected chi connectivity index (χ1v) is 9.77. The minimum atomic E-state index is -0.261. The van der Waals surface area contributed by atoms with Gasteiger partial charge >= 0.3 is 0 Å². The Morgan fingerprint density at radius 1 is 1.20 bits per heavy atom. The molecule has 30 heavy (non-hydrogen) atoms. The number of carbonyl (C=O) groups excluding carboxylic acids is 1. The molecule has 6 nitrogen and oxygen atoms in total. The fourth-order valence-corrected chi connectivity index (χ4v) is 3.85. The van der Waals surface area contributed by atoms with Crippen molar-refractivity contribution in [3.63, 3.8) is 0 Å². The van der Waals surface area contributed by atoms with Gasteiger partial charge in [-0.3, -0.25) is 4.79 Å². The van der Waals surface area contributed by atoms with Crippen molar-refractivity contribution >= 4 is 36.4 Å². The molecule has 0 unspecified atom stereocenters. The maximum atomic E-state index is 12.7. The molecule has 1 aliphatic rings. The third-order valence-electron chi connectivity index (χ3n) is 5.46. The number of benzene rings is 1. The molecule has 0 radical (unpaired) electrons. The summed E-state index contributed by atoms with van der Waals surface area (Å²) in [6.07, 6.45) is 8.10. The molecule has 1 aliphatic carbocycles. The van der Waals surface area contributed by atoms with Crippen LogP contribution in [-0.4, -0.2) is 27.4 Å². The number of aromatic nitrogens is 2. The highest BCUT2D eigenvalue weighted by Gasteiger charge is 2.34. The summed E-state index contributed by atoms with van der Waals surface area (Å²) >= 11 is 0. The highest BCUT2D eigenvalue weighted by atomic mass is 35.5. The lowest BCUT2D eigenvalue weighted by atomic mass is 9.97. The lowest BCUT2D eigenvalue weighted by Crippen LogP contribution is -2.51. The van der Waals surface area contributed by atoms with Crippen LogP contribution in [0.1, 0.15) is 47.3 Å². The van der Waals surface area contributed by atoms with Crippen LogP contribution in [0.5, 0.6) is 5.75 Å². The Labute approximate surface area is 189 Å². The zero-order chi connectivity index (χ0) is 19.6. The molecule has 0 saturated heterocycles. The number of aryl methyl sites for hydroxylation is 1. The topological polar surface area (TPSA) is 81.6 Å². The fraction of sp³-hybridized carbons (Fsp3) is 0.364. The first kappa shape index (κ1) is 24.0. The van der Waals surface area contributed by atoms with E-state index in [9.17, 15) is 4.79 Å². The van der Waals surface area contributed by atoms with Crippen LogP contribution in [0, 0.1) is 6.92 Å². The van der Waals surface area contributed by atoms with Crippen LogP contribution in [0.15, 0.2) is 48.8 Å². The molecule has 4 rings (SSSR count). The van der Waals surface area contributed by atoms with E-state index in [1.54, 1.807) is 12.1 Å². The monoisotopic (exact) mass is 450 g/mol. The molecule has 1 aromatic carbocycles. The van der Waals surface area contributed by atoms with Gasteiger partial charge in [0, 0.05) is 24.5 Å². The van der Waals surface area contributed by atoms with Gasteiger partial charge in [0.2, 0.25) is 0 Å². The number of fused-ring (bicyclic) bond motifs is 1. The number of rotatable bonds is 6. The van der Waals surface area contributed by atoms with Crippen molar-refractivity contribution in [2.45, 2.75) is 44.8 Å². The molecule has 1 saturated carbocycles. The van der Waals surface area contributed by atoms with Gasteiger partial charge in [0.15, 0.2) is 0 Å². The standard InChI is InChI=1S/C22H26N4O2.2ClH/c1-16-7-8-20-24-18(13-26(20)12-16)14-28-19-6-4-5-17(11-19)21(27)25-22(15-23)9-2-3-10-22;;/h4-8,11-13H,2-3,9-10,14-15,23H2,1H3,(H,25,27);2*1H. The molecule has 0 spiro atoms. The average Bonchev–Trinajstić information content (AvgIpc) is 3.33. The maximum Gasteiger partial charge on any atom is 0.251 e. The second-order valence-corrected chi connectivity index (χ2v) is 7.67. The zero-order valence-corrected chi connectivity index (χ0v) is 18.6. The first-order valence-electron chi connectivity index (χ1n) is 9.77. The van der Waals surface area contributed by atoms with E-state index < -0.39 is 0 Å². The summed E-state index contributed by atoms with van der Waals surface area (Å²) in [5.74, 6) is 0.551. The number of nitrogens with one attached hydrogen (secondary N) is 1. The van der Waals surface area contributed by atoms with Crippen molar-refractivity contribution in [2.75, 3.05) is 6.54 Å². The van der Waals surface area contributed by atoms with Crippen LogP contribution in [0.3, 0.4) is 0 Å². The molecule has 8 heteroatoms. The van der Waals surface area contributed by atoms with Gasteiger partial charge in [0.1, 0.15) is 18.0 Å². The first-order chi connectivity index (χ1) is 13.6. The van der Waals surface area contributed by atoms with E-state index in [1.807, 2.05) is 48.0 Å². The highest BCUT2D eigenvalue weighted by molar-refractivity contribution is 5.95. The van der Waals surface area contributed by atoms with Crippen molar-refractivity contribution in [1.82, 2.24) is 14.7 Å². The number of hydrogen-bond acceptors (Lipinski definition) is 4. The van der Waals surface area contributed by atoms with Crippen molar-refractivity contribution in [3.05, 3.63) is 65.6 Å². The van der Waals surface area contributed by atoms with Gasteiger partial charge < -0.3 is 20.2 Å². The molecular formula is C22H28Cl2N4O2. The normalized spacial score (nSPS) is 14.6. The van der Waals surface area contributed by atoms with Gasteiger partial charge in [-0.2, -0.15) is 0 Å². The van der Waals surface area contributed by atoms with E-state index in [1.165, 1.54) is 5.56 Å². The third-order valence-corrected chi connectivity index (χ3v) is 5.46. The number of ether oxygens (including phenoxy) is 1. The van der Waals surface area contributed by atoms with Crippen molar-refractivity contribution in [1.29, 1.82) is 0 Å². The predicted molar refractivity (Wildman–Crippen MR) is 123 cm³/mol. The van der Waals surface area contributed by atoms with E-state index in [0.29, 0.717) is 24.5 Å². The number of pyridine rings is 1. The van der Waals surface area contributed by atoms with Gasteiger partial charge in [0.25, 0.3) is 5.91 Å². The highest BCUT2D eigenvalue weighted by Crippen LogP contribution is 2.29. The molecule has 1 fully saturated rings. The van der Waals surface area contributed by atoms with Crippen molar-refractivity contribution in [2.24, 2.45) is 5.73 Å². The molecule has 162 valence electrons. The van der Waals surface area contributed by atoms with Crippen LogP contribution < -0.4 is 15.8 Å². The smallest absolute Gasteiger partial charge is 0.251 e. The SMILES string of the molecule is Cc1ccc2nc(COc3cccc(C(=O)NC4(CN)CCCC4)c3)cn2c1.Cl.Cl. The van der Waals surface area contributed by atoms with Crippen LogP contribution in [0.25, 0.3) is 5.65 Å². The Hall–Kier alpha value is -2.28. The summed E-state index contributed by atoms with van der Waals surface area (Å²) in [4.78, 5) is 17.3. The average molecular weight is 451 g/mol. The summed E-state index contributed by atoms with van der Waals surface area (Å²) in [6.45, 7) is 2.87. The molecule has 1 amide bonds. The van der Waals surface area contributed by atoms with Gasteiger partial charge in [-0.25, -0.2) is 4.98 Å². The quantitative estimate of drug-likeness (QED) is 0.592. The van der Waals surface area contributed by atoms with E-state index in [4.69, 9.17) is 10.5 Å². The number of halogens is 2. The second kappa shape index (κ2) is 10.2. The molecule has 0 aliphatic heterocycles. The Bertz CT molecular complexity index is 1000. The Morgan fingerprint density at radius 2 is 1.97 bits per heavy atom. The van der Waals surface area contributed by atoms with Gasteiger partial charge in [-0.1, -0.05) is 25.0 Å². The molecule has 3 aromatic rings. The lowest BCUT2D eigenvalue weighted by Gasteiger charge is -2.28. The zero-order valence-electron chi connectivity index (χ0n) is 17.0. The van der Waals surface area contributed by atoms with E-state index >= 15 is 0 Å². The summed E-state index contributed by atoms with van der Waals surface area (Å²) in [5, 5.41) is 3.15. The summed E-state index contributed by atoms with van der Waals surface area (Å²) in [5.41, 5.74) is 9.16. The second-order valence-electron chi connectivity index (χ2n) is 7.67. The molecule has 2 heterocycles. The lowest BCUT2D eigenvalue weighted by molar-refractivity contribution is 0.0902. The van der Waals surface area contributed by atoms with E-state index in [2.05, 4.69) is 10.3 Å². The number of hydrogen-bond donors (Lipinski definition) is 2. The number of nitrogens with zero attached hydrogens (tertiary/aromatic N) is 2. The van der Waals surface area contributed by atoms with Gasteiger partial charge in [-0.05, 0) is 49.6 Å². The molecule has 2 aromatic heterocycles. The van der Waals surface area contributed by atoms with Crippen LogP contribution in [0.2, 0.25) is 0 Å². The largest absolute Gasteiger partial charge is 0.487 e. The number of imidazole rings is 1. The van der Waals surface area contributed by atoms with E-state index in [0.717, 1.165) is 37.0 Å². The minimum absolute atomic E-state index is 0. The Morgan fingerprint density at radius 3 is 2.70 bits per heavy atom. The molecule has 0 bridgehead atoms. The van der Waals surface area contributed by atoms with Gasteiger partial charge in [-0.15, -0.1) is 24.8 Å². The molecule has 3 N–H and O–H groups in total. The summed E-state index contributed by atoms with van der Waals surface area (Å²) < 4.78 is 7.88. The molecule has 0 atom stereocenters. The molecular weight excluding hydrogens is 423 g/mol. The van der Waals surface area contributed by atoms with Crippen LogP contribution in [0.4, 0.5) is 0 Å². The van der Waals surface area contributed by atoms with Crippen molar-refractivity contribution < 1.29 is 9.53 Å². The van der Waals surface area contributed by atoms with Gasteiger partial charge in [0.05, 0.1) is 11.2 Å². The minimum Gasteiger partial charge on any atom is -0.487 e. The maximum absolute atomic E-state index is 12.7.